The molecule has 0 bridgehead atoms. The molecule has 0 saturated carbocycles. The predicted molar refractivity (Wildman–Crippen MR) is 296 cm³/mol. The number of aliphatic hydroxyl groups is 2. The van der Waals surface area contributed by atoms with E-state index in [9.17, 15) is 19.8 Å². The molecule has 0 heterocycles. The molecule has 3 N–H and O–H groups in total. The third-order valence-corrected chi connectivity index (χ3v) is 14.2. The summed E-state index contributed by atoms with van der Waals surface area (Å²) in [5.41, 5.74) is 0. The van der Waals surface area contributed by atoms with E-state index in [1.807, 2.05) is 6.08 Å². The zero-order valence-electron chi connectivity index (χ0n) is 45.9. The van der Waals surface area contributed by atoms with Crippen molar-refractivity contribution in [3.05, 3.63) is 24.3 Å². The lowest BCUT2D eigenvalue weighted by atomic mass is 10.0. The van der Waals surface area contributed by atoms with Crippen molar-refractivity contribution in [2.45, 2.75) is 347 Å². The van der Waals surface area contributed by atoms with E-state index in [2.05, 4.69) is 31.3 Å². The van der Waals surface area contributed by atoms with Crippen molar-refractivity contribution >= 4 is 11.9 Å². The number of unbranched alkanes of at least 4 members (excludes halogenated alkanes) is 44. The maximum absolute atomic E-state index is 12.5. The quantitative estimate of drug-likeness (QED) is 0.0321. The second-order valence-electron chi connectivity index (χ2n) is 21.0. The third kappa shape index (κ3) is 53.7. The first-order valence-electron chi connectivity index (χ1n) is 30.6. The van der Waals surface area contributed by atoms with Crippen molar-refractivity contribution in [3.63, 3.8) is 0 Å². The second kappa shape index (κ2) is 57.9. The van der Waals surface area contributed by atoms with Gasteiger partial charge in [0.2, 0.25) is 5.91 Å². The van der Waals surface area contributed by atoms with Crippen molar-refractivity contribution in [3.8, 4) is 0 Å². The number of carbonyl (C=O) groups excluding carboxylic acids is 2. The number of amides is 1. The summed E-state index contributed by atoms with van der Waals surface area (Å²) < 4.78 is 5.47. The Morgan fingerprint density at radius 1 is 0.397 bits per heavy atom. The standard InChI is InChI=1S/C62H119NO5/c1-3-5-7-9-11-13-15-17-18-19-20-21-22-25-28-31-34-38-42-46-50-54-60(65)59(58-64)63-61(66)55-51-47-43-39-35-32-29-26-23-24-27-30-33-37-41-45-49-53-57-68-62(67)56-52-48-44-40-36-16-14-12-10-8-6-4-2/h26,29,50,54,59-60,64-65H,3-25,27-28,30-49,51-53,55-58H2,1-2H3,(H,63,66)/b29-26-,54-50+. The normalized spacial score (nSPS) is 12.7. The molecule has 68 heavy (non-hydrogen) atoms. The highest BCUT2D eigenvalue weighted by Gasteiger charge is 2.18. The van der Waals surface area contributed by atoms with Crippen LogP contribution in [0.25, 0.3) is 0 Å². The summed E-state index contributed by atoms with van der Waals surface area (Å²) in [5.74, 6) is -0.0761. The van der Waals surface area contributed by atoms with Gasteiger partial charge in [0.15, 0.2) is 0 Å². The van der Waals surface area contributed by atoms with Gasteiger partial charge in [-0.1, -0.05) is 289 Å². The summed E-state index contributed by atoms with van der Waals surface area (Å²) in [6.45, 7) is 4.91. The van der Waals surface area contributed by atoms with Crippen LogP contribution in [0, 0.1) is 0 Å². The Morgan fingerprint density at radius 2 is 0.691 bits per heavy atom. The Labute approximate surface area is 424 Å². The number of hydrogen-bond acceptors (Lipinski definition) is 5. The lowest BCUT2D eigenvalue weighted by molar-refractivity contribution is -0.143. The fraction of sp³-hybridized carbons (Fsp3) is 0.903. The van der Waals surface area contributed by atoms with Gasteiger partial charge in [0.1, 0.15) is 0 Å². The molecule has 0 aliphatic carbocycles. The summed E-state index contributed by atoms with van der Waals surface area (Å²) in [7, 11) is 0. The van der Waals surface area contributed by atoms with Crippen LogP contribution in [-0.2, 0) is 14.3 Å². The summed E-state index contributed by atoms with van der Waals surface area (Å²) >= 11 is 0. The van der Waals surface area contributed by atoms with E-state index < -0.39 is 12.1 Å². The minimum absolute atomic E-state index is 0.00323. The maximum atomic E-state index is 12.5. The third-order valence-electron chi connectivity index (χ3n) is 14.2. The van der Waals surface area contributed by atoms with Gasteiger partial charge in [0.25, 0.3) is 0 Å². The van der Waals surface area contributed by atoms with Gasteiger partial charge in [-0.05, 0) is 57.8 Å². The van der Waals surface area contributed by atoms with Crippen LogP contribution >= 0.6 is 0 Å². The molecule has 0 aromatic rings. The van der Waals surface area contributed by atoms with Gasteiger partial charge < -0.3 is 20.3 Å². The zero-order valence-corrected chi connectivity index (χ0v) is 45.9. The second-order valence-corrected chi connectivity index (χ2v) is 21.0. The number of esters is 1. The molecule has 2 atom stereocenters. The van der Waals surface area contributed by atoms with E-state index in [1.54, 1.807) is 6.08 Å². The Bertz CT molecular complexity index is 1060. The Kier molecular flexibility index (Phi) is 56.5. The van der Waals surface area contributed by atoms with Gasteiger partial charge in [-0.3, -0.25) is 9.59 Å². The molecule has 0 aromatic carbocycles. The summed E-state index contributed by atoms with van der Waals surface area (Å²) in [6.07, 6.45) is 70.7. The fourth-order valence-electron chi connectivity index (χ4n) is 9.51. The largest absolute Gasteiger partial charge is 0.466 e. The van der Waals surface area contributed by atoms with Gasteiger partial charge in [-0.15, -0.1) is 0 Å². The first kappa shape index (κ1) is 66.3. The van der Waals surface area contributed by atoms with E-state index in [0.29, 0.717) is 19.4 Å². The van der Waals surface area contributed by atoms with E-state index in [1.165, 1.54) is 250 Å². The number of hydrogen-bond donors (Lipinski definition) is 3. The average molecular weight is 959 g/mol. The average Bonchev–Trinajstić information content (AvgIpc) is 3.34. The number of ether oxygens (including phenoxy) is 1. The highest BCUT2D eigenvalue weighted by Crippen LogP contribution is 2.17. The minimum Gasteiger partial charge on any atom is -0.466 e. The number of nitrogens with one attached hydrogen (secondary N) is 1. The first-order chi connectivity index (χ1) is 33.5. The van der Waals surface area contributed by atoms with Crippen molar-refractivity contribution in [1.29, 1.82) is 0 Å². The van der Waals surface area contributed by atoms with Crippen LogP contribution in [0.5, 0.6) is 0 Å². The van der Waals surface area contributed by atoms with Crippen LogP contribution in [-0.4, -0.2) is 47.4 Å². The van der Waals surface area contributed by atoms with Crippen molar-refractivity contribution in [2.75, 3.05) is 13.2 Å². The molecule has 0 aromatic heterocycles. The minimum atomic E-state index is -0.853. The van der Waals surface area contributed by atoms with E-state index >= 15 is 0 Å². The topological polar surface area (TPSA) is 95.9 Å². The first-order valence-corrected chi connectivity index (χ1v) is 30.6. The van der Waals surface area contributed by atoms with Gasteiger partial charge >= 0.3 is 5.97 Å². The van der Waals surface area contributed by atoms with Crippen LogP contribution in [0.15, 0.2) is 24.3 Å². The molecule has 0 fully saturated rings. The Balaban J connectivity index is 3.48. The number of carbonyl (C=O) groups is 2. The molecule has 2 unspecified atom stereocenters. The van der Waals surface area contributed by atoms with Crippen LogP contribution < -0.4 is 5.32 Å². The van der Waals surface area contributed by atoms with Crippen LogP contribution in [0.2, 0.25) is 0 Å². The number of rotatable bonds is 57. The molecule has 0 rings (SSSR count). The van der Waals surface area contributed by atoms with Gasteiger partial charge in [-0.2, -0.15) is 0 Å². The van der Waals surface area contributed by atoms with Gasteiger partial charge in [-0.25, -0.2) is 0 Å². The van der Waals surface area contributed by atoms with Crippen LogP contribution in [0.1, 0.15) is 335 Å². The monoisotopic (exact) mass is 958 g/mol. The summed E-state index contributed by atoms with van der Waals surface area (Å²) in [4.78, 5) is 24.5. The molecule has 402 valence electrons. The van der Waals surface area contributed by atoms with Crippen LogP contribution in [0.4, 0.5) is 0 Å². The van der Waals surface area contributed by atoms with Gasteiger partial charge in [0.05, 0.1) is 25.4 Å². The molecular formula is C62H119NO5. The van der Waals surface area contributed by atoms with E-state index in [0.717, 1.165) is 57.8 Å². The predicted octanol–water partition coefficient (Wildman–Crippen LogP) is 19.0. The zero-order chi connectivity index (χ0) is 49.3. The molecule has 0 saturated heterocycles. The highest BCUT2D eigenvalue weighted by atomic mass is 16.5. The van der Waals surface area contributed by atoms with E-state index in [4.69, 9.17) is 4.74 Å². The van der Waals surface area contributed by atoms with Crippen molar-refractivity contribution < 1.29 is 24.5 Å². The molecular weight excluding hydrogens is 839 g/mol. The molecule has 6 heteroatoms. The van der Waals surface area contributed by atoms with Crippen LogP contribution in [0.3, 0.4) is 0 Å². The number of aliphatic hydroxyl groups excluding tert-OH is 2. The number of allylic oxidation sites excluding steroid dienone is 3. The smallest absolute Gasteiger partial charge is 0.305 e. The fourth-order valence-corrected chi connectivity index (χ4v) is 9.51. The maximum Gasteiger partial charge on any atom is 0.305 e. The molecule has 0 aliphatic rings. The summed E-state index contributed by atoms with van der Waals surface area (Å²) in [5, 5.41) is 23.2. The molecule has 6 nitrogen and oxygen atoms in total. The van der Waals surface area contributed by atoms with Crippen molar-refractivity contribution in [2.24, 2.45) is 0 Å². The van der Waals surface area contributed by atoms with Gasteiger partial charge in [0, 0.05) is 12.8 Å². The summed E-state index contributed by atoms with van der Waals surface area (Å²) in [6, 6.07) is -0.638. The van der Waals surface area contributed by atoms with E-state index in [-0.39, 0.29) is 18.5 Å². The highest BCUT2D eigenvalue weighted by molar-refractivity contribution is 5.76. The molecule has 0 aliphatic heterocycles. The lowest BCUT2D eigenvalue weighted by Gasteiger charge is -2.20. The van der Waals surface area contributed by atoms with Crippen molar-refractivity contribution in [1.82, 2.24) is 5.32 Å². The lowest BCUT2D eigenvalue weighted by Crippen LogP contribution is -2.45. The molecule has 0 radical (unpaired) electrons. The SMILES string of the molecule is CCCCCCCCCCCCCCCCCCCCC/C=C/C(O)C(CO)NC(=O)CCCCCCC/C=C\CCCCCCCCCCCOC(=O)CCCCCCCCCCCCCC. The molecule has 0 spiro atoms. The molecule has 1 amide bonds. The Morgan fingerprint density at radius 3 is 1.04 bits per heavy atom. The Hall–Kier alpha value is -1.66.